The van der Waals surface area contributed by atoms with E-state index in [4.69, 9.17) is 50.2 Å². The van der Waals surface area contributed by atoms with Crippen LogP contribution in [-0.4, -0.2) is 114 Å². The first kappa shape index (κ1) is 28.6. The Kier molecular flexibility index (Phi) is 18.7. The van der Waals surface area contributed by atoms with Gasteiger partial charge < -0.3 is 29.4 Å². The first-order valence-electron chi connectivity index (χ1n) is 8.43. The molecule has 0 aliphatic rings. The molecule has 1 atom stereocenters. The molecule has 0 heterocycles. The summed E-state index contributed by atoms with van der Waals surface area (Å²) >= 11 is 0.797. The van der Waals surface area contributed by atoms with Gasteiger partial charge in [0.25, 0.3) is 0 Å². The molecule has 0 saturated carbocycles. The summed E-state index contributed by atoms with van der Waals surface area (Å²) < 4.78 is 24.3. The number of carbonyl (C=O) groups excluding carboxylic acids is 2. The Hall–Kier alpha value is -1.35. The average Bonchev–Trinajstić information content (AvgIpc) is 2.68. The van der Waals surface area contributed by atoms with Crippen molar-refractivity contribution in [1.82, 2.24) is 10.8 Å². The number of hydrogen-bond acceptors (Lipinski definition) is 17. The van der Waals surface area contributed by atoms with Gasteiger partial charge in [-0.3, -0.25) is 20.8 Å². The van der Waals surface area contributed by atoms with Gasteiger partial charge in [0.2, 0.25) is 0 Å². The summed E-state index contributed by atoms with van der Waals surface area (Å²) in [5.41, 5.74) is 5.71. The molecule has 6 N–H and O–H groups in total. The Morgan fingerprint density at radius 1 is 0.767 bits per heavy atom. The lowest BCUT2D eigenvalue weighted by Crippen LogP contribution is -2.31. The van der Waals surface area contributed by atoms with Crippen LogP contribution in [0.25, 0.3) is 0 Å². The quantitative estimate of drug-likeness (QED) is 0.0970. The van der Waals surface area contributed by atoms with Crippen LogP contribution in [0.5, 0.6) is 0 Å². The van der Waals surface area contributed by atoms with Gasteiger partial charge in [-0.15, -0.1) is 0 Å². The van der Waals surface area contributed by atoms with E-state index in [1.165, 1.54) is 0 Å². The highest BCUT2D eigenvalue weighted by Gasteiger charge is 2.12. The van der Waals surface area contributed by atoms with Crippen LogP contribution >= 0.6 is 11.8 Å². The van der Waals surface area contributed by atoms with Crippen LogP contribution in [0.4, 0.5) is 9.59 Å². The first-order valence-corrected chi connectivity index (χ1v) is 9.41. The topological polar surface area (TPSA) is 212 Å². The summed E-state index contributed by atoms with van der Waals surface area (Å²) in [5, 5.41) is 31.6. The number of nitrogens with zero attached hydrogens (tertiary/aromatic N) is 2. The molecule has 0 aromatic carbocycles. The van der Waals surface area contributed by atoms with E-state index >= 15 is 0 Å². The Labute approximate surface area is 175 Å². The van der Waals surface area contributed by atoms with Crippen molar-refractivity contribution in [3.8, 4) is 0 Å². The standard InChI is InChI=1S/C13H27N3O13S/c14-11(9-27-12(17)25-5-1-23-3-7-28-15(19)20)10-30-13(18)26-6-2-24-4-8-29-16(21)22/h11,19-22H,1-10,14H2. The summed E-state index contributed by atoms with van der Waals surface area (Å²) in [6, 6.07) is -0.628. The largest absolute Gasteiger partial charge is 0.508 e. The first-order chi connectivity index (χ1) is 14.3. The second kappa shape index (κ2) is 19.6. The van der Waals surface area contributed by atoms with Gasteiger partial charge in [-0.05, 0) is 11.8 Å². The molecule has 16 nitrogen and oxygen atoms in total. The fourth-order valence-corrected chi connectivity index (χ4v) is 2.02. The Balaban J connectivity index is 3.50. The fourth-order valence-electron chi connectivity index (χ4n) is 1.41. The van der Waals surface area contributed by atoms with E-state index in [-0.39, 0.29) is 65.2 Å². The molecule has 0 aromatic heterocycles. The molecule has 0 aliphatic heterocycles. The normalized spacial score (nSPS) is 12.2. The van der Waals surface area contributed by atoms with Gasteiger partial charge in [0.15, 0.2) is 0 Å². The van der Waals surface area contributed by atoms with E-state index in [1.54, 1.807) is 0 Å². The maximum atomic E-state index is 11.5. The molecule has 17 heteroatoms. The van der Waals surface area contributed by atoms with Crippen LogP contribution in [0.2, 0.25) is 0 Å². The molecular formula is C13H27N3O13S. The minimum atomic E-state index is -0.957. The third kappa shape index (κ3) is 21.4. The van der Waals surface area contributed by atoms with Crippen molar-refractivity contribution in [2.24, 2.45) is 5.73 Å². The smallest absolute Gasteiger partial charge is 0.455 e. The van der Waals surface area contributed by atoms with Gasteiger partial charge in [0.05, 0.1) is 50.4 Å². The third-order valence-corrected chi connectivity index (χ3v) is 3.54. The van der Waals surface area contributed by atoms with Gasteiger partial charge in [-0.1, -0.05) is 0 Å². The molecule has 0 amide bonds. The highest BCUT2D eigenvalue weighted by atomic mass is 32.2. The van der Waals surface area contributed by atoms with E-state index in [0.29, 0.717) is 0 Å². The van der Waals surface area contributed by atoms with Crippen LogP contribution in [-0.2, 0) is 33.4 Å². The summed E-state index contributed by atoms with van der Waals surface area (Å²) in [6.45, 7) is -0.249. The summed E-state index contributed by atoms with van der Waals surface area (Å²) in [5.74, 6) is 0.138. The van der Waals surface area contributed by atoms with Crippen molar-refractivity contribution in [2.45, 2.75) is 6.04 Å². The Bertz CT molecular complexity index is 409. The molecule has 0 aromatic rings. The summed E-state index contributed by atoms with van der Waals surface area (Å²) in [7, 11) is 0. The zero-order chi connectivity index (χ0) is 22.6. The van der Waals surface area contributed by atoms with Crippen molar-refractivity contribution >= 4 is 23.2 Å². The molecule has 0 saturated heterocycles. The minimum Gasteiger partial charge on any atom is -0.455 e. The Morgan fingerprint density at radius 3 is 1.80 bits per heavy atom. The van der Waals surface area contributed by atoms with Crippen LogP contribution < -0.4 is 5.73 Å². The van der Waals surface area contributed by atoms with Crippen molar-refractivity contribution in [3.05, 3.63) is 0 Å². The second-order valence-electron chi connectivity index (χ2n) is 4.98. The number of ether oxygens (including phenoxy) is 5. The third-order valence-electron chi connectivity index (χ3n) is 2.59. The molecule has 178 valence electrons. The van der Waals surface area contributed by atoms with Gasteiger partial charge >= 0.3 is 11.5 Å². The number of thioether (sulfide) groups is 1. The van der Waals surface area contributed by atoms with Crippen molar-refractivity contribution in [1.29, 1.82) is 0 Å². The molecule has 0 bridgehead atoms. The second-order valence-corrected chi connectivity index (χ2v) is 5.93. The van der Waals surface area contributed by atoms with Crippen LogP contribution in [0.15, 0.2) is 0 Å². The van der Waals surface area contributed by atoms with Crippen molar-refractivity contribution < 1.29 is 63.8 Å². The molecule has 0 spiro atoms. The number of carbonyl (C=O) groups is 2. The molecular weight excluding hydrogens is 438 g/mol. The van der Waals surface area contributed by atoms with E-state index in [2.05, 4.69) is 9.68 Å². The predicted molar refractivity (Wildman–Crippen MR) is 93.4 cm³/mol. The zero-order valence-corrected chi connectivity index (χ0v) is 16.8. The molecule has 0 aliphatic carbocycles. The number of rotatable bonds is 18. The minimum absolute atomic E-state index is 0.0156. The highest BCUT2D eigenvalue weighted by molar-refractivity contribution is 8.13. The number of nitrogens with two attached hydrogens (primary N) is 1. The van der Waals surface area contributed by atoms with E-state index in [9.17, 15) is 9.59 Å². The van der Waals surface area contributed by atoms with E-state index in [0.717, 1.165) is 11.8 Å². The van der Waals surface area contributed by atoms with Gasteiger partial charge in [-0.25, -0.2) is 19.3 Å². The molecule has 0 rings (SSSR count). The van der Waals surface area contributed by atoms with Crippen molar-refractivity contribution in [3.63, 3.8) is 0 Å². The van der Waals surface area contributed by atoms with E-state index < -0.39 is 28.3 Å². The van der Waals surface area contributed by atoms with Crippen LogP contribution in [0.3, 0.4) is 0 Å². The van der Waals surface area contributed by atoms with E-state index in [1.807, 2.05) is 0 Å². The monoisotopic (exact) mass is 465 g/mol. The average molecular weight is 465 g/mol. The lowest BCUT2D eigenvalue weighted by atomic mass is 10.4. The lowest BCUT2D eigenvalue weighted by molar-refractivity contribution is -0.493. The zero-order valence-electron chi connectivity index (χ0n) is 16.0. The van der Waals surface area contributed by atoms with Crippen molar-refractivity contribution in [2.75, 3.05) is 65.2 Å². The maximum Gasteiger partial charge on any atom is 0.508 e. The highest BCUT2D eigenvalue weighted by Crippen LogP contribution is 2.07. The number of hydrogen-bond donors (Lipinski definition) is 5. The van der Waals surface area contributed by atoms with Crippen LogP contribution in [0.1, 0.15) is 0 Å². The lowest BCUT2D eigenvalue weighted by Gasteiger charge is -2.12. The van der Waals surface area contributed by atoms with Gasteiger partial charge in [0, 0.05) is 11.8 Å². The SMILES string of the molecule is NC(COC(=O)OCCOCCON(O)O)CSC(=O)OCCOCCON(O)O. The van der Waals surface area contributed by atoms with Gasteiger partial charge in [0.1, 0.15) is 19.8 Å². The van der Waals surface area contributed by atoms with Crippen LogP contribution in [0, 0.1) is 0 Å². The molecule has 30 heavy (non-hydrogen) atoms. The summed E-state index contributed by atoms with van der Waals surface area (Å²) in [6.07, 6.45) is -0.957. The van der Waals surface area contributed by atoms with Gasteiger partial charge in [-0.2, -0.15) is 0 Å². The predicted octanol–water partition coefficient (Wildman–Crippen LogP) is -0.606. The Morgan fingerprint density at radius 2 is 1.27 bits per heavy atom. The molecule has 0 radical (unpaired) electrons. The summed E-state index contributed by atoms with van der Waals surface area (Å²) in [4.78, 5) is 31.3. The molecule has 1 unspecified atom stereocenters. The fraction of sp³-hybridized carbons (Fsp3) is 0.846. The molecule has 0 fully saturated rings. The maximum absolute atomic E-state index is 11.5.